The van der Waals surface area contributed by atoms with Crippen LogP contribution in [0.15, 0.2) is 24.5 Å². The average molecular weight is 274 g/mol. The predicted octanol–water partition coefficient (Wildman–Crippen LogP) is 2.03. The van der Waals surface area contributed by atoms with Crippen molar-refractivity contribution in [2.45, 2.75) is 26.3 Å². The Balaban J connectivity index is 2.26. The van der Waals surface area contributed by atoms with E-state index in [0.29, 0.717) is 0 Å². The second-order valence-corrected chi connectivity index (χ2v) is 4.84. The third-order valence-electron chi connectivity index (χ3n) is 3.48. The lowest BCUT2D eigenvalue weighted by Crippen LogP contribution is -2.24. The van der Waals surface area contributed by atoms with E-state index >= 15 is 0 Å². The number of ether oxygens (including phenoxy) is 1. The van der Waals surface area contributed by atoms with Gasteiger partial charge in [-0.05, 0) is 30.7 Å². The molecule has 0 aliphatic carbocycles. The first-order valence-electron chi connectivity index (χ1n) is 6.86. The maximum absolute atomic E-state index is 5.41. The number of aryl methyl sites for hydroxylation is 2. The lowest BCUT2D eigenvalue weighted by atomic mass is 10.0. The van der Waals surface area contributed by atoms with Gasteiger partial charge < -0.3 is 10.1 Å². The fraction of sp³-hybridized carbons (Fsp3) is 0.467. The van der Waals surface area contributed by atoms with Crippen LogP contribution in [0.1, 0.15) is 29.9 Å². The maximum atomic E-state index is 5.41. The fourth-order valence-corrected chi connectivity index (χ4v) is 2.30. The van der Waals surface area contributed by atoms with E-state index in [9.17, 15) is 0 Å². The molecule has 1 atom stereocenters. The van der Waals surface area contributed by atoms with Gasteiger partial charge in [0.2, 0.25) is 0 Å². The predicted molar refractivity (Wildman–Crippen MR) is 78.9 cm³/mol. The molecule has 0 bridgehead atoms. The quantitative estimate of drug-likeness (QED) is 0.875. The van der Waals surface area contributed by atoms with Gasteiger partial charge in [-0.3, -0.25) is 4.68 Å². The molecule has 1 heterocycles. The molecule has 0 aliphatic heterocycles. The van der Waals surface area contributed by atoms with E-state index in [0.717, 1.165) is 30.1 Å². The van der Waals surface area contributed by atoms with Crippen LogP contribution in [-0.2, 0) is 13.5 Å². The topological polar surface area (TPSA) is 52.0 Å². The van der Waals surface area contributed by atoms with E-state index in [1.807, 2.05) is 18.7 Å². The molecule has 20 heavy (non-hydrogen) atoms. The van der Waals surface area contributed by atoms with Crippen molar-refractivity contribution in [1.82, 2.24) is 20.1 Å². The number of aromatic nitrogens is 3. The minimum absolute atomic E-state index is 0.206. The summed E-state index contributed by atoms with van der Waals surface area (Å²) < 4.78 is 7.23. The minimum atomic E-state index is 0.206. The highest BCUT2D eigenvalue weighted by atomic mass is 16.5. The number of hydrogen-bond acceptors (Lipinski definition) is 4. The summed E-state index contributed by atoms with van der Waals surface area (Å²) in [7, 11) is 3.62. The van der Waals surface area contributed by atoms with Crippen molar-refractivity contribution in [2.75, 3.05) is 13.7 Å². The van der Waals surface area contributed by atoms with Gasteiger partial charge >= 0.3 is 0 Å². The molecular formula is C15H22N4O. The highest BCUT2D eigenvalue weighted by molar-refractivity contribution is 5.38. The third-order valence-corrected chi connectivity index (χ3v) is 3.48. The zero-order valence-electron chi connectivity index (χ0n) is 12.6. The average Bonchev–Trinajstić information content (AvgIpc) is 2.84. The normalized spacial score (nSPS) is 12.4. The summed E-state index contributed by atoms with van der Waals surface area (Å²) in [6.07, 6.45) is 2.39. The molecule has 0 spiro atoms. The number of likely N-dealkylation sites (N-methyl/N-ethyl adjacent to an activating group) is 1. The summed E-state index contributed by atoms with van der Waals surface area (Å²) in [6.45, 7) is 5.06. The lowest BCUT2D eigenvalue weighted by Gasteiger charge is -2.19. The molecule has 2 rings (SSSR count). The van der Waals surface area contributed by atoms with Gasteiger partial charge in [-0.15, -0.1) is 0 Å². The zero-order valence-corrected chi connectivity index (χ0v) is 12.6. The molecular weight excluding hydrogens is 252 g/mol. The highest BCUT2D eigenvalue weighted by Gasteiger charge is 2.15. The molecule has 0 fully saturated rings. The molecule has 1 aromatic heterocycles. The third kappa shape index (κ3) is 3.17. The second kappa shape index (κ2) is 6.52. The van der Waals surface area contributed by atoms with Crippen LogP contribution in [0.25, 0.3) is 0 Å². The monoisotopic (exact) mass is 274 g/mol. The maximum Gasteiger partial charge on any atom is 0.138 e. The number of benzene rings is 1. The number of hydrogen-bond donors (Lipinski definition) is 1. The molecule has 5 heteroatoms. The van der Waals surface area contributed by atoms with Crippen LogP contribution in [0, 0.1) is 6.92 Å². The Morgan fingerprint density at radius 1 is 1.40 bits per heavy atom. The molecule has 5 nitrogen and oxygen atoms in total. The van der Waals surface area contributed by atoms with E-state index in [4.69, 9.17) is 4.74 Å². The van der Waals surface area contributed by atoms with Crippen LogP contribution in [-0.4, -0.2) is 28.4 Å². The van der Waals surface area contributed by atoms with Gasteiger partial charge in [0, 0.05) is 19.5 Å². The van der Waals surface area contributed by atoms with Gasteiger partial charge in [-0.1, -0.05) is 19.1 Å². The zero-order chi connectivity index (χ0) is 14.5. The number of methoxy groups -OCH3 is 1. The summed E-state index contributed by atoms with van der Waals surface area (Å²) in [5.74, 6) is 1.89. The summed E-state index contributed by atoms with van der Waals surface area (Å²) >= 11 is 0. The Labute approximate surface area is 120 Å². The first kappa shape index (κ1) is 14.5. The smallest absolute Gasteiger partial charge is 0.138 e. The Morgan fingerprint density at radius 2 is 2.20 bits per heavy atom. The number of nitrogens with one attached hydrogen (secondary N) is 1. The molecule has 0 saturated carbocycles. The van der Waals surface area contributed by atoms with Gasteiger partial charge in [0.1, 0.15) is 17.9 Å². The Kier molecular flexibility index (Phi) is 4.74. The van der Waals surface area contributed by atoms with Crippen LogP contribution >= 0.6 is 0 Å². The number of nitrogens with zero attached hydrogens (tertiary/aromatic N) is 3. The standard InChI is InChI=1S/C15H22N4O/c1-5-16-13(9-15-17-10-18-19(15)3)12-7-6-11(2)14(8-12)20-4/h6-8,10,13,16H,5,9H2,1-4H3. The molecule has 1 aromatic carbocycles. The van der Waals surface area contributed by atoms with Gasteiger partial charge in [0.25, 0.3) is 0 Å². The molecule has 2 aromatic rings. The van der Waals surface area contributed by atoms with E-state index in [2.05, 4.69) is 40.5 Å². The van der Waals surface area contributed by atoms with Crippen molar-refractivity contribution in [3.05, 3.63) is 41.5 Å². The summed E-state index contributed by atoms with van der Waals surface area (Å²) in [6, 6.07) is 6.54. The van der Waals surface area contributed by atoms with Gasteiger partial charge in [0.15, 0.2) is 0 Å². The van der Waals surface area contributed by atoms with Gasteiger partial charge in [-0.25, -0.2) is 4.98 Å². The summed E-state index contributed by atoms with van der Waals surface area (Å²) in [4.78, 5) is 4.30. The Morgan fingerprint density at radius 3 is 2.80 bits per heavy atom. The number of rotatable bonds is 6. The van der Waals surface area contributed by atoms with Crippen LogP contribution < -0.4 is 10.1 Å². The molecule has 108 valence electrons. The summed E-state index contributed by atoms with van der Waals surface area (Å²) in [5.41, 5.74) is 2.35. The highest BCUT2D eigenvalue weighted by Crippen LogP contribution is 2.25. The largest absolute Gasteiger partial charge is 0.496 e. The Hall–Kier alpha value is -1.88. The van der Waals surface area contributed by atoms with Crippen LogP contribution in [0.5, 0.6) is 5.75 Å². The fourth-order valence-electron chi connectivity index (χ4n) is 2.30. The van der Waals surface area contributed by atoms with Crippen molar-refractivity contribution >= 4 is 0 Å². The van der Waals surface area contributed by atoms with Crippen molar-refractivity contribution in [2.24, 2.45) is 7.05 Å². The van der Waals surface area contributed by atoms with Crippen LogP contribution in [0.2, 0.25) is 0 Å². The second-order valence-electron chi connectivity index (χ2n) is 4.84. The van der Waals surface area contributed by atoms with Crippen LogP contribution in [0.4, 0.5) is 0 Å². The van der Waals surface area contributed by atoms with Crippen molar-refractivity contribution in [3.63, 3.8) is 0 Å². The van der Waals surface area contributed by atoms with Crippen LogP contribution in [0.3, 0.4) is 0 Å². The van der Waals surface area contributed by atoms with Gasteiger partial charge in [0.05, 0.1) is 7.11 Å². The molecule has 1 unspecified atom stereocenters. The molecule has 0 aliphatic rings. The SMILES string of the molecule is CCNC(Cc1ncnn1C)c1ccc(C)c(OC)c1. The first-order chi connectivity index (χ1) is 9.65. The van der Waals surface area contributed by atoms with Gasteiger partial charge in [-0.2, -0.15) is 5.10 Å². The first-order valence-corrected chi connectivity index (χ1v) is 6.86. The van der Waals surface area contributed by atoms with E-state index in [-0.39, 0.29) is 6.04 Å². The van der Waals surface area contributed by atoms with E-state index in [1.54, 1.807) is 13.4 Å². The molecule has 0 saturated heterocycles. The molecule has 0 amide bonds. The van der Waals surface area contributed by atoms with Crippen molar-refractivity contribution in [1.29, 1.82) is 0 Å². The minimum Gasteiger partial charge on any atom is -0.496 e. The summed E-state index contributed by atoms with van der Waals surface area (Å²) in [5, 5.41) is 7.62. The lowest BCUT2D eigenvalue weighted by molar-refractivity contribution is 0.409. The van der Waals surface area contributed by atoms with Crippen molar-refractivity contribution in [3.8, 4) is 5.75 Å². The van der Waals surface area contributed by atoms with Crippen molar-refractivity contribution < 1.29 is 4.74 Å². The molecule has 0 radical (unpaired) electrons. The van der Waals surface area contributed by atoms with E-state index < -0.39 is 0 Å². The van der Waals surface area contributed by atoms with E-state index in [1.165, 1.54) is 5.56 Å². The molecule has 1 N–H and O–H groups in total. The Bertz CT molecular complexity index is 565.